The molecule has 10 heteroatoms. The van der Waals surface area contributed by atoms with E-state index in [0.29, 0.717) is 16.5 Å². The molecular weight excluding hydrogens is 423 g/mol. The van der Waals surface area contributed by atoms with Crippen LogP contribution in [0.15, 0.2) is 59.7 Å². The molecule has 0 spiro atoms. The van der Waals surface area contributed by atoms with Crippen molar-refractivity contribution in [1.29, 1.82) is 0 Å². The molecule has 32 heavy (non-hydrogen) atoms. The average molecular weight is 443 g/mol. The molecule has 166 valence electrons. The molecule has 0 saturated carbocycles. The van der Waals surface area contributed by atoms with E-state index in [2.05, 4.69) is 15.7 Å². The molecule has 0 saturated heterocycles. The number of rotatable bonds is 6. The van der Waals surface area contributed by atoms with Gasteiger partial charge in [0.2, 0.25) is 5.91 Å². The highest BCUT2D eigenvalue weighted by Gasteiger charge is 2.26. The number of aryl methyl sites for hydroxylation is 1. The summed E-state index contributed by atoms with van der Waals surface area (Å²) in [6, 6.07) is 12.7. The van der Waals surface area contributed by atoms with Gasteiger partial charge in [0.05, 0.1) is 29.2 Å². The lowest BCUT2D eigenvalue weighted by atomic mass is 10.1. The van der Waals surface area contributed by atoms with E-state index < -0.39 is 30.6 Å². The second-order valence-corrected chi connectivity index (χ2v) is 7.40. The maximum absolute atomic E-state index is 13.1. The first-order valence-corrected chi connectivity index (χ1v) is 9.86. The SMILES string of the molecule is Cn1ncc2cc(Nc3cccc4ccn(CC(=O)NCCC(F)(F)F)c(=O)c34)ccc21. The minimum atomic E-state index is -4.35. The summed E-state index contributed by atoms with van der Waals surface area (Å²) in [6.07, 6.45) is -2.28. The van der Waals surface area contributed by atoms with E-state index in [4.69, 9.17) is 0 Å². The van der Waals surface area contributed by atoms with E-state index in [-0.39, 0.29) is 6.54 Å². The zero-order chi connectivity index (χ0) is 22.9. The first kappa shape index (κ1) is 21.4. The van der Waals surface area contributed by atoms with Gasteiger partial charge in [-0.2, -0.15) is 18.3 Å². The number of carbonyl (C=O) groups excluding carboxylic acids is 1. The molecule has 7 nitrogen and oxygen atoms in total. The Kier molecular flexibility index (Phi) is 5.60. The molecule has 4 rings (SSSR count). The van der Waals surface area contributed by atoms with Gasteiger partial charge in [-0.15, -0.1) is 0 Å². The highest BCUT2D eigenvalue weighted by molar-refractivity contribution is 5.95. The highest BCUT2D eigenvalue weighted by Crippen LogP contribution is 2.26. The monoisotopic (exact) mass is 443 g/mol. The normalized spacial score (nSPS) is 11.8. The lowest BCUT2D eigenvalue weighted by Gasteiger charge is -2.13. The predicted molar refractivity (Wildman–Crippen MR) is 116 cm³/mol. The minimum Gasteiger partial charge on any atom is -0.355 e. The van der Waals surface area contributed by atoms with E-state index in [1.807, 2.05) is 25.2 Å². The Morgan fingerprint density at radius 2 is 1.94 bits per heavy atom. The number of halogens is 3. The topological polar surface area (TPSA) is 81.0 Å². The smallest absolute Gasteiger partial charge is 0.355 e. The van der Waals surface area contributed by atoms with Crippen LogP contribution in [0, 0.1) is 0 Å². The molecule has 0 aliphatic carbocycles. The van der Waals surface area contributed by atoms with E-state index in [9.17, 15) is 22.8 Å². The Balaban J connectivity index is 1.59. The molecule has 0 unspecified atom stereocenters. The van der Waals surface area contributed by atoms with Crippen molar-refractivity contribution >= 4 is 39.0 Å². The number of nitrogens with one attached hydrogen (secondary N) is 2. The fourth-order valence-corrected chi connectivity index (χ4v) is 3.51. The van der Waals surface area contributed by atoms with Gasteiger partial charge in [-0.1, -0.05) is 12.1 Å². The van der Waals surface area contributed by atoms with Crippen LogP contribution in [-0.2, 0) is 18.4 Å². The summed E-state index contributed by atoms with van der Waals surface area (Å²) >= 11 is 0. The number of aromatic nitrogens is 3. The summed E-state index contributed by atoms with van der Waals surface area (Å²) in [7, 11) is 1.85. The van der Waals surface area contributed by atoms with Gasteiger partial charge in [0.1, 0.15) is 6.54 Å². The summed E-state index contributed by atoms with van der Waals surface area (Å²) in [6.45, 7) is -0.906. The van der Waals surface area contributed by atoms with Crippen molar-refractivity contribution in [2.45, 2.75) is 19.1 Å². The third-order valence-corrected chi connectivity index (χ3v) is 5.08. The first-order chi connectivity index (χ1) is 15.2. The van der Waals surface area contributed by atoms with Crippen molar-refractivity contribution < 1.29 is 18.0 Å². The summed E-state index contributed by atoms with van der Waals surface area (Å²) in [5.41, 5.74) is 1.87. The summed E-state index contributed by atoms with van der Waals surface area (Å²) in [5.74, 6) is -0.664. The molecule has 2 aromatic heterocycles. The zero-order valence-electron chi connectivity index (χ0n) is 17.1. The van der Waals surface area contributed by atoms with Gasteiger partial charge in [0.15, 0.2) is 0 Å². The van der Waals surface area contributed by atoms with Crippen molar-refractivity contribution in [1.82, 2.24) is 19.7 Å². The predicted octanol–water partition coefficient (Wildman–Crippen LogP) is 3.70. The van der Waals surface area contributed by atoms with E-state index in [1.54, 1.807) is 35.1 Å². The second kappa shape index (κ2) is 8.37. The number of nitrogens with zero attached hydrogens (tertiary/aromatic N) is 3. The first-order valence-electron chi connectivity index (χ1n) is 9.86. The van der Waals surface area contributed by atoms with Crippen LogP contribution in [0.3, 0.4) is 0 Å². The molecule has 0 atom stereocenters. The summed E-state index contributed by atoms with van der Waals surface area (Å²) in [4.78, 5) is 25.1. The molecule has 2 N–H and O–H groups in total. The highest BCUT2D eigenvalue weighted by atomic mass is 19.4. The summed E-state index contributed by atoms with van der Waals surface area (Å²) < 4.78 is 39.7. The number of hydrogen-bond donors (Lipinski definition) is 2. The number of fused-ring (bicyclic) bond motifs is 2. The summed E-state index contributed by atoms with van der Waals surface area (Å²) in [5, 5.41) is 11.6. The van der Waals surface area contributed by atoms with Gasteiger partial charge >= 0.3 is 6.18 Å². The van der Waals surface area contributed by atoms with Crippen LogP contribution in [-0.4, -0.2) is 33.0 Å². The lowest BCUT2D eigenvalue weighted by molar-refractivity contribution is -0.135. The van der Waals surface area contributed by atoms with Gasteiger partial charge in [-0.25, -0.2) is 0 Å². The molecule has 0 bridgehead atoms. The van der Waals surface area contributed by atoms with Crippen molar-refractivity contribution in [3.05, 3.63) is 65.2 Å². The Labute approximate surface area is 180 Å². The molecular formula is C22H20F3N5O2. The number of hydrogen-bond acceptors (Lipinski definition) is 4. The van der Waals surface area contributed by atoms with Crippen molar-refractivity contribution in [3.63, 3.8) is 0 Å². The lowest BCUT2D eigenvalue weighted by Crippen LogP contribution is -2.34. The number of anilines is 2. The molecule has 2 aromatic carbocycles. The van der Waals surface area contributed by atoms with Crippen molar-refractivity contribution in [3.8, 4) is 0 Å². The van der Waals surface area contributed by atoms with Gasteiger partial charge in [-0.3, -0.25) is 14.3 Å². The van der Waals surface area contributed by atoms with Crippen LogP contribution in [0.2, 0.25) is 0 Å². The fraction of sp³-hybridized carbons (Fsp3) is 0.227. The maximum Gasteiger partial charge on any atom is 0.390 e. The number of benzene rings is 2. The van der Waals surface area contributed by atoms with Crippen molar-refractivity contribution in [2.75, 3.05) is 11.9 Å². The zero-order valence-corrected chi connectivity index (χ0v) is 17.1. The van der Waals surface area contributed by atoms with Crippen LogP contribution in [0.1, 0.15) is 6.42 Å². The average Bonchev–Trinajstić information content (AvgIpc) is 3.09. The molecule has 0 radical (unpaired) electrons. The Morgan fingerprint density at radius 1 is 1.12 bits per heavy atom. The van der Waals surface area contributed by atoms with Gasteiger partial charge in [0, 0.05) is 30.9 Å². The van der Waals surface area contributed by atoms with Gasteiger partial charge < -0.3 is 15.2 Å². The van der Waals surface area contributed by atoms with E-state index in [0.717, 1.165) is 16.6 Å². The molecule has 4 aromatic rings. The Hall–Kier alpha value is -3.82. The standard InChI is InChI=1S/C22H20F3N5O2/c1-29-18-6-5-16(11-15(18)12-27-29)28-17-4-2-3-14-7-10-30(21(32)20(14)17)13-19(31)26-9-8-22(23,24)25/h2-7,10-12,28H,8-9,13H2,1H3,(H,26,31). The van der Waals surface area contributed by atoms with E-state index >= 15 is 0 Å². The molecule has 0 aliphatic rings. The number of alkyl halides is 3. The third-order valence-electron chi connectivity index (χ3n) is 5.08. The number of amides is 1. The van der Waals surface area contributed by atoms with E-state index in [1.165, 1.54) is 10.8 Å². The Morgan fingerprint density at radius 3 is 2.72 bits per heavy atom. The van der Waals surface area contributed by atoms with Crippen LogP contribution >= 0.6 is 0 Å². The maximum atomic E-state index is 13.1. The molecule has 0 fully saturated rings. The number of pyridine rings is 1. The second-order valence-electron chi connectivity index (χ2n) is 7.40. The van der Waals surface area contributed by atoms with Crippen LogP contribution < -0.4 is 16.2 Å². The molecule has 0 aliphatic heterocycles. The third kappa shape index (κ3) is 4.58. The number of carbonyl (C=O) groups is 1. The van der Waals surface area contributed by atoms with Gasteiger partial charge in [-0.05, 0) is 35.7 Å². The quantitative estimate of drug-likeness (QED) is 0.476. The minimum absolute atomic E-state index is 0.372. The van der Waals surface area contributed by atoms with Crippen molar-refractivity contribution in [2.24, 2.45) is 7.05 Å². The molecule has 2 heterocycles. The van der Waals surface area contributed by atoms with Gasteiger partial charge in [0.25, 0.3) is 5.56 Å². The largest absolute Gasteiger partial charge is 0.390 e. The molecule has 1 amide bonds. The van der Waals surface area contributed by atoms with Crippen LogP contribution in [0.4, 0.5) is 24.5 Å². The Bertz CT molecular complexity index is 1360. The van der Waals surface area contributed by atoms with Crippen LogP contribution in [0.25, 0.3) is 21.7 Å². The van der Waals surface area contributed by atoms with Crippen LogP contribution in [0.5, 0.6) is 0 Å². The fourth-order valence-electron chi connectivity index (χ4n) is 3.51.